The number of benzene rings is 1. The zero-order valence-corrected chi connectivity index (χ0v) is 10.2. The van der Waals surface area contributed by atoms with Crippen LogP contribution in [0.3, 0.4) is 0 Å². The first-order chi connectivity index (χ1) is 9.20. The highest BCUT2D eigenvalue weighted by molar-refractivity contribution is 5.94. The van der Waals surface area contributed by atoms with Crippen molar-refractivity contribution in [2.75, 3.05) is 7.11 Å². The molecule has 0 fully saturated rings. The van der Waals surface area contributed by atoms with E-state index in [1.165, 1.54) is 6.20 Å². The van der Waals surface area contributed by atoms with Crippen LogP contribution in [0.25, 0.3) is 0 Å². The lowest BCUT2D eigenvalue weighted by molar-refractivity contribution is 0.0454. The lowest BCUT2D eigenvalue weighted by Gasteiger charge is -2.11. The van der Waals surface area contributed by atoms with Crippen molar-refractivity contribution in [3.8, 4) is 5.75 Å². The minimum absolute atomic E-state index is 0.309. The van der Waals surface area contributed by atoms with Crippen LogP contribution in [0.1, 0.15) is 27.6 Å². The number of hydrogen-bond donors (Lipinski definition) is 1. The molecule has 5 heteroatoms. The molecule has 1 aliphatic heterocycles. The summed E-state index contributed by atoms with van der Waals surface area (Å²) < 4.78 is 10.4. The molecule has 1 aromatic carbocycles. The predicted octanol–water partition coefficient (Wildman–Crippen LogP) is 1.64. The predicted molar refractivity (Wildman–Crippen MR) is 67.3 cm³/mol. The third-order valence-corrected chi connectivity index (χ3v) is 3.10. The van der Waals surface area contributed by atoms with Gasteiger partial charge in [-0.3, -0.25) is 4.79 Å². The SMILES string of the molecule is COc1cccc(C2OC(=O)c3cc[nH]c(=O)c32)c1. The standard InChI is InChI=1S/C14H11NO4/c1-18-9-4-2-3-8(7-9)12-11-10(14(17)19-12)5-6-15-13(11)16/h2-7,12H,1H3,(H,15,16). The smallest absolute Gasteiger partial charge is 0.339 e. The van der Waals surface area contributed by atoms with Crippen LogP contribution in [0.2, 0.25) is 0 Å². The number of carbonyl (C=O) groups excluding carboxylic acids is 1. The van der Waals surface area contributed by atoms with Crippen LogP contribution in [0.4, 0.5) is 0 Å². The first-order valence-electron chi connectivity index (χ1n) is 5.77. The van der Waals surface area contributed by atoms with E-state index in [-0.39, 0.29) is 5.56 Å². The minimum atomic E-state index is -0.678. The minimum Gasteiger partial charge on any atom is -0.497 e. The molecule has 0 amide bonds. The van der Waals surface area contributed by atoms with Crippen LogP contribution in [0.15, 0.2) is 41.3 Å². The van der Waals surface area contributed by atoms with Gasteiger partial charge in [0.2, 0.25) is 0 Å². The number of cyclic esters (lactones) is 1. The van der Waals surface area contributed by atoms with Crippen LogP contribution in [0, 0.1) is 0 Å². The lowest BCUT2D eigenvalue weighted by Crippen LogP contribution is -2.15. The van der Waals surface area contributed by atoms with Crippen molar-refractivity contribution in [3.05, 3.63) is 63.6 Å². The molecule has 0 radical (unpaired) electrons. The van der Waals surface area contributed by atoms with E-state index in [2.05, 4.69) is 4.98 Å². The van der Waals surface area contributed by atoms with Crippen molar-refractivity contribution >= 4 is 5.97 Å². The van der Waals surface area contributed by atoms with E-state index in [0.717, 1.165) is 0 Å². The van der Waals surface area contributed by atoms with Crippen LogP contribution < -0.4 is 10.3 Å². The molecule has 3 rings (SSSR count). The number of ether oxygens (including phenoxy) is 2. The first kappa shape index (κ1) is 11.5. The highest BCUT2D eigenvalue weighted by atomic mass is 16.5. The summed E-state index contributed by atoms with van der Waals surface area (Å²) in [5.41, 5.74) is 1.07. The van der Waals surface area contributed by atoms with E-state index in [4.69, 9.17) is 9.47 Å². The van der Waals surface area contributed by atoms with Gasteiger partial charge in [0.05, 0.1) is 18.2 Å². The second-order valence-corrected chi connectivity index (χ2v) is 4.20. The highest BCUT2D eigenvalue weighted by Crippen LogP contribution is 2.34. The number of esters is 1. The van der Waals surface area contributed by atoms with E-state index in [1.807, 2.05) is 0 Å². The summed E-state index contributed by atoms with van der Waals surface area (Å²) in [5, 5.41) is 0. The van der Waals surface area contributed by atoms with Gasteiger partial charge in [0.15, 0.2) is 6.10 Å². The molecule has 5 nitrogen and oxygen atoms in total. The van der Waals surface area contributed by atoms with E-state index in [9.17, 15) is 9.59 Å². The average Bonchev–Trinajstić information content (AvgIpc) is 2.78. The Labute approximate surface area is 108 Å². The van der Waals surface area contributed by atoms with Crippen molar-refractivity contribution in [1.29, 1.82) is 0 Å². The van der Waals surface area contributed by atoms with Crippen molar-refractivity contribution in [2.45, 2.75) is 6.10 Å². The van der Waals surface area contributed by atoms with Gasteiger partial charge in [-0.25, -0.2) is 4.79 Å². The largest absolute Gasteiger partial charge is 0.497 e. The van der Waals surface area contributed by atoms with Gasteiger partial charge in [0.25, 0.3) is 5.56 Å². The van der Waals surface area contributed by atoms with E-state index in [1.54, 1.807) is 37.4 Å². The first-order valence-corrected chi connectivity index (χ1v) is 5.77. The Morgan fingerprint density at radius 2 is 2.11 bits per heavy atom. The molecule has 0 bridgehead atoms. The maximum atomic E-state index is 11.9. The van der Waals surface area contributed by atoms with E-state index in [0.29, 0.717) is 22.4 Å². The second-order valence-electron chi connectivity index (χ2n) is 4.20. The number of methoxy groups -OCH3 is 1. The van der Waals surface area contributed by atoms with Gasteiger partial charge in [-0.1, -0.05) is 12.1 Å². The molecule has 96 valence electrons. The molecular formula is C14H11NO4. The van der Waals surface area contributed by atoms with Crippen molar-refractivity contribution < 1.29 is 14.3 Å². The maximum absolute atomic E-state index is 11.9. The normalized spacial score (nSPS) is 16.9. The Balaban J connectivity index is 2.14. The number of pyridine rings is 1. The Kier molecular flexibility index (Phi) is 2.59. The zero-order valence-electron chi connectivity index (χ0n) is 10.2. The number of fused-ring (bicyclic) bond motifs is 1. The van der Waals surface area contributed by atoms with Gasteiger partial charge in [0, 0.05) is 11.8 Å². The fourth-order valence-electron chi connectivity index (χ4n) is 2.20. The number of nitrogens with one attached hydrogen (secondary N) is 1. The Morgan fingerprint density at radius 3 is 2.89 bits per heavy atom. The summed E-state index contributed by atoms with van der Waals surface area (Å²) in [6.07, 6.45) is 0.763. The summed E-state index contributed by atoms with van der Waals surface area (Å²) in [5.74, 6) is 0.170. The summed E-state index contributed by atoms with van der Waals surface area (Å²) >= 11 is 0. The molecule has 1 aromatic heterocycles. The van der Waals surface area contributed by atoms with Gasteiger partial charge < -0.3 is 14.5 Å². The molecule has 19 heavy (non-hydrogen) atoms. The molecule has 0 aliphatic carbocycles. The Bertz CT molecular complexity index is 705. The average molecular weight is 257 g/mol. The van der Waals surface area contributed by atoms with Gasteiger partial charge in [-0.15, -0.1) is 0 Å². The van der Waals surface area contributed by atoms with Gasteiger partial charge in [-0.2, -0.15) is 0 Å². The molecule has 0 saturated carbocycles. The topological polar surface area (TPSA) is 68.4 Å². The van der Waals surface area contributed by atoms with Crippen LogP contribution in [-0.4, -0.2) is 18.1 Å². The van der Waals surface area contributed by atoms with Crippen molar-refractivity contribution in [1.82, 2.24) is 4.98 Å². The fraction of sp³-hybridized carbons (Fsp3) is 0.143. The van der Waals surface area contributed by atoms with Crippen LogP contribution in [0.5, 0.6) is 5.75 Å². The molecule has 1 atom stereocenters. The zero-order chi connectivity index (χ0) is 13.4. The second kappa shape index (κ2) is 4.28. The molecule has 1 aliphatic rings. The highest BCUT2D eigenvalue weighted by Gasteiger charge is 2.34. The number of aromatic amines is 1. The van der Waals surface area contributed by atoms with Gasteiger partial charge >= 0.3 is 5.97 Å². The lowest BCUT2D eigenvalue weighted by atomic mass is 10.0. The molecule has 2 heterocycles. The van der Waals surface area contributed by atoms with E-state index >= 15 is 0 Å². The number of H-pyrrole nitrogens is 1. The molecule has 0 saturated heterocycles. The maximum Gasteiger partial charge on any atom is 0.339 e. The summed E-state index contributed by atoms with van der Waals surface area (Å²) in [6.45, 7) is 0. The van der Waals surface area contributed by atoms with Crippen LogP contribution >= 0.6 is 0 Å². The van der Waals surface area contributed by atoms with E-state index < -0.39 is 12.1 Å². The molecule has 1 unspecified atom stereocenters. The monoisotopic (exact) mass is 257 g/mol. The van der Waals surface area contributed by atoms with Crippen molar-refractivity contribution in [2.24, 2.45) is 0 Å². The quantitative estimate of drug-likeness (QED) is 0.830. The molecular weight excluding hydrogens is 246 g/mol. The summed E-state index contributed by atoms with van der Waals surface area (Å²) in [7, 11) is 1.56. The van der Waals surface area contributed by atoms with Gasteiger partial charge in [0.1, 0.15) is 5.75 Å². The fourth-order valence-corrected chi connectivity index (χ4v) is 2.20. The number of carbonyl (C=O) groups is 1. The van der Waals surface area contributed by atoms with Gasteiger partial charge in [-0.05, 0) is 18.2 Å². The molecule has 1 N–H and O–H groups in total. The third kappa shape index (κ3) is 1.79. The molecule has 0 spiro atoms. The number of hydrogen-bond acceptors (Lipinski definition) is 4. The third-order valence-electron chi connectivity index (χ3n) is 3.10. The van der Waals surface area contributed by atoms with Crippen LogP contribution in [-0.2, 0) is 4.74 Å². The number of rotatable bonds is 2. The summed E-state index contributed by atoms with van der Waals surface area (Å²) in [4.78, 5) is 26.2. The Hall–Kier alpha value is -2.56. The molecule has 2 aromatic rings. The number of aromatic nitrogens is 1. The van der Waals surface area contributed by atoms with Crippen molar-refractivity contribution in [3.63, 3.8) is 0 Å². The Morgan fingerprint density at radius 1 is 1.26 bits per heavy atom. The summed E-state index contributed by atoms with van der Waals surface area (Å²) in [6, 6.07) is 8.67.